The van der Waals surface area contributed by atoms with E-state index in [1.807, 2.05) is 0 Å². The predicted octanol–water partition coefficient (Wildman–Crippen LogP) is 4.52. The zero-order valence-electron chi connectivity index (χ0n) is 18.4. The van der Waals surface area contributed by atoms with Crippen LogP contribution in [0.2, 0.25) is 0 Å². The number of esters is 1. The molecule has 3 fully saturated rings. The third-order valence-electron chi connectivity index (χ3n) is 8.93. The lowest BCUT2D eigenvalue weighted by molar-refractivity contribution is -0.221. The second-order valence-electron chi connectivity index (χ2n) is 10.3. The number of rotatable bonds is 3. The summed E-state index contributed by atoms with van der Waals surface area (Å²) >= 11 is 16.5. The monoisotopic (exact) mass is 522 g/mol. The average Bonchev–Trinajstić information content (AvgIpc) is 2.93. The van der Waals surface area contributed by atoms with Gasteiger partial charge in [0.2, 0.25) is 9.89 Å². The first-order valence-electron chi connectivity index (χ1n) is 10.9. The van der Waals surface area contributed by atoms with Gasteiger partial charge in [0, 0.05) is 22.7 Å². The number of hydrogen-bond acceptors (Lipinski definition) is 5. The van der Waals surface area contributed by atoms with Crippen molar-refractivity contribution in [2.75, 3.05) is 0 Å². The molecule has 5 nitrogen and oxygen atoms in total. The van der Waals surface area contributed by atoms with Crippen molar-refractivity contribution in [1.29, 1.82) is 0 Å². The van der Waals surface area contributed by atoms with E-state index in [4.69, 9.17) is 40.2 Å². The van der Waals surface area contributed by atoms with E-state index in [1.54, 1.807) is 13.8 Å². The van der Waals surface area contributed by atoms with Crippen LogP contribution in [0.1, 0.15) is 40.0 Å². The number of halogens is 4. The lowest BCUT2D eigenvalue weighted by Crippen LogP contribution is -2.70. The normalized spacial score (nSPS) is 48.6. The van der Waals surface area contributed by atoms with Crippen LogP contribution in [0.25, 0.3) is 0 Å². The van der Waals surface area contributed by atoms with Gasteiger partial charge in [-0.25, -0.2) is 13.6 Å². The third kappa shape index (κ3) is 2.99. The molecule has 0 saturated heterocycles. The van der Waals surface area contributed by atoms with Crippen molar-refractivity contribution < 1.29 is 33.3 Å². The summed E-state index contributed by atoms with van der Waals surface area (Å²) in [5.41, 5.74) is -6.80. The van der Waals surface area contributed by atoms with Gasteiger partial charge in [-0.15, -0.1) is 0 Å². The van der Waals surface area contributed by atoms with E-state index in [2.05, 4.69) is 0 Å². The molecule has 0 aromatic heterocycles. The Morgan fingerprint density at radius 1 is 1.30 bits per heavy atom. The first-order chi connectivity index (χ1) is 15.2. The van der Waals surface area contributed by atoms with Crippen LogP contribution in [-0.2, 0) is 14.3 Å². The molecule has 0 aromatic rings. The van der Waals surface area contributed by atoms with Gasteiger partial charge in [-0.05, 0) is 62.0 Å². The minimum atomic E-state index is -2.29. The number of alkyl halides is 4. The number of carbonyl (C=O) groups is 2. The first kappa shape index (κ1) is 25.0. The van der Waals surface area contributed by atoms with Crippen molar-refractivity contribution in [3.8, 4) is 0 Å². The predicted molar refractivity (Wildman–Crippen MR) is 123 cm³/mol. The zero-order valence-corrected chi connectivity index (χ0v) is 20.7. The molecule has 0 radical (unpaired) electrons. The van der Waals surface area contributed by atoms with E-state index >= 15 is 8.78 Å². The summed E-state index contributed by atoms with van der Waals surface area (Å²) in [4.78, 5) is 22.8. The highest BCUT2D eigenvalue weighted by atomic mass is 35.5. The molecule has 9 atom stereocenters. The lowest BCUT2D eigenvalue weighted by atomic mass is 9.44. The van der Waals surface area contributed by atoms with Crippen molar-refractivity contribution in [3.63, 3.8) is 0 Å². The molecule has 0 aliphatic heterocycles. The molecule has 182 valence electrons. The second kappa shape index (κ2) is 7.70. The largest absolute Gasteiger partial charge is 0.499 e. The van der Waals surface area contributed by atoms with E-state index in [9.17, 15) is 19.8 Å². The fourth-order valence-corrected chi connectivity index (χ4v) is 8.01. The quantitative estimate of drug-likeness (QED) is 0.322. The topological polar surface area (TPSA) is 83.8 Å². The fraction of sp³-hybridized carbons (Fsp3) is 0.696. The first-order valence-corrected chi connectivity index (χ1v) is 12.2. The van der Waals surface area contributed by atoms with Gasteiger partial charge in [0.05, 0.1) is 6.10 Å². The maximum absolute atomic E-state index is 17.1. The Bertz CT molecular complexity index is 988. The number of aliphatic hydroxyl groups excluding tert-OH is 2. The number of hydrogen-bond donors (Lipinski definition) is 2. The zero-order chi connectivity index (χ0) is 24.7. The van der Waals surface area contributed by atoms with Gasteiger partial charge < -0.3 is 14.9 Å². The van der Waals surface area contributed by atoms with E-state index in [0.29, 0.717) is 0 Å². The molecule has 0 heterocycles. The van der Waals surface area contributed by atoms with E-state index in [1.165, 1.54) is 19.1 Å². The Kier molecular flexibility index (Phi) is 5.84. The third-order valence-corrected chi connectivity index (χ3v) is 9.59. The number of ketones is 1. The van der Waals surface area contributed by atoms with Crippen LogP contribution in [0, 0.1) is 28.6 Å². The maximum Gasteiger partial charge on any atom is 0.340 e. The molecule has 4 rings (SSSR count). The summed E-state index contributed by atoms with van der Waals surface area (Å²) in [6.45, 7) is 4.86. The van der Waals surface area contributed by atoms with Crippen LogP contribution >= 0.6 is 35.4 Å². The highest BCUT2D eigenvalue weighted by molar-refractivity contribution is 7.80. The van der Waals surface area contributed by atoms with Crippen molar-refractivity contribution in [2.45, 2.75) is 68.4 Å². The van der Waals surface area contributed by atoms with Crippen molar-refractivity contribution in [1.82, 2.24) is 0 Å². The highest BCUT2D eigenvalue weighted by Gasteiger charge is 2.77. The Labute approximate surface area is 206 Å². The number of allylic oxidation sites excluding steroid dienone is 4. The standard InChI is InChI=1S/C23H26Cl2F2O5S/c1-10-6-12-13-8-15(26)14-7-11(28)4-5-20(14,2)22(13,27)16(29)9-21(12,3)23(10,19(31)33)32-18(30)17(24)25/h4-5,7,10,12-13,15-17,29H,6,8-9H2,1-3H3,(H,31,33)/t10-,12+,13+,15+,16+,20+,21+,22+,23-/m1/s1. The molecule has 0 bridgehead atoms. The number of carbonyl (C=O) groups excluding carboxylic acids is 2. The van der Waals surface area contributed by atoms with Crippen LogP contribution in [0.5, 0.6) is 0 Å². The van der Waals surface area contributed by atoms with Gasteiger partial charge in [-0.1, -0.05) is 43.1 Å². The smallest absolute Gasteiger partial charge is 0.340 e. The van der Waals surface area contributed by atoms with Gasteiger partial charge in [0.15, 0.2) is 17.1 Å². The van der Waals surface area contributed by atoms with Crippen LogP contribution in [0.15, 0.2) is 23.8 Å². The maximum atomic E-state index is 17.1. The number of aliphatic hydroxyl groups is 2. The van der Waals surface area contributed by atoms with E-state index in [0.717, 1.165) is 6.08 Å². The Morgan fingerprint density at radius 3 is 2.52 bits per heavy atom. The number of ether oxygens (including phenoxy) is 1. The van der Waals surface area contributed by atoms with E-state index < -0.39 is 73.8 Å². The van der Waals surface area contributed by atoms with Gasteiger partial charge in [0.25, 0.3) is 0 Å². The second-order valence-corrected chi connectivity index (χ2v) is 11.7. The molecule has 2 N–H and O–H groups in total. The van der Waals surface area contributed by atoms with E-state index in [-0.39, 0.29) is 24.8 Å². The van der Waals surface area contributed by atoms with Crippen molar-refractivity contribution in [2.24, 2.45) is 28.6 Å². The molecule has 3 saturated carbocycles. The summed E-state index contributed by atoms with van der Waals surface area (Å²) in [6.07, 6.45) is 0.221. The van der Waals surface area contributed by atoms with Crippen LogP contribution in [0.4, 0.5) is 8.78 Å². The molecule has 4 aliphatic carbocycles. The SMILES string of the molecule is C[C@@H]1C[C@H]2[C@@H]3C[C@H](F)C4=CC(=O)C=C[C@]4(C)[C@@]3(F)[C@@H](O)C[C@]2(C)[C@]1(OC(=O)C(Cl)Cl)C(O)=S. The summed E-state index contributed by atoms with van der Waals surface area (Å²) in [7, 11) is 0. The summed E-state index contributed by atoms with van der Waals surface area (Å²) < 4.78 is 38.2. The molecule has 4 aliphatic rings. The molecule has 0 unspecified atom stereocenters. The molecule has 0 aromatic carbocycles. The molecule has 33 heavy (non-hydrogen) atoms. The molecule has 0 spiro atoms. The lowest BCUT2D eigenvalue weighted by Gasteiger charge is -2.63. The van der Waals surface area contributed by atoms with Gasteiger partial charge in [-0.2, -0.15) is 0 Å². The average molecular weight is 523 g/mol. The molecular formula is C23H26Cl2F2O5S. The number of thiocarbonyl (C=S) groups is 1. The van der Waals surface area contributed by atoms with Crippen molar-refractivity contribution in [3.05, 3.63) is 23.8 Å². The Hall–Kier alpha value is -1.09. The summed E-state index contributed by atoms with van der Waals surface area (Å²) in [5, 5.41) is 21.3. The minimum Gasteiger partial charge on any atom is -0.499 e. The van der Waals surface area contributed by atoms with Crippen LogP contribution in [-0.4, -0.2) is 55.4 Å². The molecular weight excluding hydrogens is 497 g/mol. The minimum absolute atomic E-state index is 0.0185. The fourth-order valence-electron chi connectivity index (χ4n) is 7.44. The van der Waals surface area contributed by atoms with Gasteiger partial charge >= 0.3 is 5.97 Å². The molecule has 10 heteroatoms. The molecule has 0 amide bonds. The van der Waals surface area contributed by atoms with Crippen LogP contribution < -0.4 is 0 Å². The highest BCUT2D eigenvalue weighted by Crippen LogP contribution is 2.71. The van der Waals surface area contributed by atoms with Gasteiger partial charge in [0.1, 0.15) is 6.17 Å². The van der Waals surface area contributed by atoms with Crippen LogP contribution in [0.3, 0.4) is 0 Å². The van der Waals surface area contributed by atoms with Gasteiger partial charge in [-0.3, -0.25) is 4.79 Å². The Morgan fingerprint density at radius 2 is 1.94 bits per heavy atom. The summed E-state index contributed by atoms with van der Waals surface area (Å²) in [5.74, 6) is -3.63. The Balaban J connectivity index is 1.87. The van der Waals surface area contributed by atoms with Crippen molar-refractivity contribution >= 4 is 52.2 Å². The number of fused-ring (bicyclic) bond motifs is 5. The summed E-state index contributed by atoms with van der Waals surface area (Å²) in [6, 6.07) is 0.